The molecule has 2 aromatic rings. The SMILES string of the molecule is O=C(O)C1CCCN1Cc1cn(-c2ccc(Cl)cc2)nn1. The molecule has 6 nitrogen and oxygen atoms in total. The minimum absolute atomic E-state index is 0.411. The lowest BCUT2D eigenvalue weighted by Gasteiger charge is -2.19. The Kier molecular flexibility index (Phi) is 3.90. The van der Waals surface area contributed by atoms with Crippen molar-refractivity contribution in [1.82, 2.24) is 19.9 Å². The van der Waals surface area contributed by atoms with Crippen molar-refractivity contribution in [3.8, 4) is 5.69 Å². The van der Waals surface area contributed by atoms with Crippen molar-refractivity contribution in [2.24, 2.45) is 0 Å². The fraction of sp³-hybridized carbons (Fsp3) is 0.357. The van der Waals surface area contributed by atoms with E-state index >= 15 is 0 Å². The Hall–Kier alpha value is -1.92. The van der Waals surface area contributed by atoms with Gasteiger partial charge >= 0.3 is 5.97 Å². The quantitative estimate of drug-likeness (QED) is 0.935. The predicted molar refractivity (Wildman–Crippen MR) is 77.4 cm³/mol. The second-order valence-corrected chi connectivity index (χ2v) is 5.53. The average Bonchev–Trinajstić information content (AvgIpc) is 3.09. The Balaban J connectivity index is 1.73. The molecule has 0 amide bonds. The zero-order chi connectivity index (χ0) is 14.8. The van der Waals surface area contributed by atoms with Crippen molar-refractivity contribution < 1.29 is 9.90 Å². The van der Waals surface area contributed by atoms with Gasteiger partial charge in [0.05, 0.1) is 17.6 Å². The average molecular weight is 307 g/mol. The van der Waals surface area contributed by atoms with Gasteiger partial charge in [0, 0.05) is 11.6 Å². The molecule has 1 N–H and O–H groups in total. The zero-order valence-electron chi connectivity index (χ0n) is 11.3. The summed E-state index contributed by atoms with van der Waals surface area (Å²) in [5.74, 6) is -0.766. The standard InChI is InChI=1S/C14H15ClN4O2/c15-10-3-5-12(6-4-10)19-9-11(16-17-19)8-18-7-1-2-13(18)14(20)21/h3-6,9,13H,1-2,7-8H2,(H,20,21). The number of hydrogen-bond donors (Lipinski definition) is 1. The molecule has 0 radical (unpaired) electrons. The number of halogens is 1. The number of hydrogen-bond acceptors (Lipinski definition) is 4. The molecule has 0 saturated carbocycles. The second-order valence-electron chi connectivity index (χ2n) is 5.10. The molecule has 1 fully saturated rings. The van der Waals surface area contributed by atoms with E-state index in [1.54, 1.807) is 16.8 Å². The molecule has 1 aromatic carbocycles. The topological polar surface area (TPSA) is 71.2 Å². The van der Waals surface area contributed by atoms with Gasteiger partial charge in [0.25, 0.3) is 0 Å². The highest BCUT2D eigenvalue weighted by Crippen LogP contribution is 2.20. The molecule has 0 aliphatic carbocycles. The van der Waals surface area contributed by atoms with E-state index in [2.05, 4.69) is 10.3 Å². The molecule has 1 atom stereocenters. The molecular formula is C14H15ClN4O2. The molecule has 1 aliphatic rings. The van der Waals surface area contributed by atoms with Gasteiger partial charge in [0.1, 0.15) is 6.04 Å². The van der Waals surface area contributed by atoms with Gasteiger partial charge in [-0.05, 0) is 43.7 Å². The Labute approximate surface area is 126 Å². The molecule has 1 unspecified atom stereocenters. The van der Waals surface area contributed by atoms with Crippen LogP contribution in [-0.4, -0.2) is 43.6 Å². The monoisotopic (exact) mass is 306 g/mol. The van der Waals surface area contributed by atoms with Gasteiger partial charge in [-0.15, -0.1) is 5.10 Å². The van der Waals surface area contributed by atoms with Crippen LogP contribution in [0.5, 0.6) is 0 Å². The molecule has 2 heterocycles. The number of likely N-dealkylation sites (tertiary alicyclic amines) is 1. The van der Waals surface area contributed by atoms with Crippen LogP contribution in [0.4, 0.5) is 0 Å². The highest BCUT2D eigenvalue weighted by atomic mass is 35.5. The zero-order valence-corrected chi connectivity index (χ0v) is 12.1. The van der Waals surface area contributed by atoms with Crippen LogP contribution in [0.15, 0.2) is 30.5 Å². The normalized spacial score (nSPS) is 19.0. The first-order valence-electron chi connectivity index (χ1n) is 6.77. The summed E-state index contributed by atoms with van der Waals surface area (Å²) in [5.41, 5.74) is 1.63. The number of aliphatic carboxylic acids is 1. The molecule has 1 aromatic heterocycles. The summed E-state index contributed by atoms with van der Waals surface area (Å²) in [6, 6.07) is 6.89. The van der Waals surface area contributed by atoms with E-state index in [0.29, 0.717) is 18.0 Å². The smallest absolute Gasteiger partial charge is 0.320 e. The maximum absolute atomic E-state index is 11.2. The van der Waals surface area contributed by atoms with Crippen LogP contribution in [0.25, 0.3) is 5.69 Å². The number of aromatic nitrogens is 3. The lowest BCUT2D eigenvalue weighted by Crippen LogP contribution is -2.35. The first-order valence-corrected chi connectivity index (χ1v) is 7.15. The van der Waals surface area contributed by atoms with Gasteiger partial charge in [-0.3, -0.25) is 9.69 Å². The summed E-state index contributed by atoms with van der Waals surface area (Å²) < 4.78 is 1.66. The maximum atomic E-state index is 11.2. The fourth-order valence-electron chi connectivity index (χ4n) is 2.59. The van der Waals surface area contributed by atoms with Crippen molar-refractivity contribution >= 4 is 17.6 Å². The molecule has 1 aliphatic heterocycles. The molecule has 7 heteroatoms. The molecule has 110 valence electrons. The minimum Gasteiger partial charge on any atom is -0.480 e. The Morgan fingerprint density at radius 1 is 1.38 bits per heavy atom. The van der Waals surface area contributed by atoms with E-state index in [-0.39, 0.29) is 0 Å². The van der Waals surface area contributed by atoms with Gasteiger partial charge in [0.15, 0.2) is 0 Å². The van der Waals surface area contributed by atoms with Crippen molar-refractivity contribution in [1.29, 1.82) is 0 Å². The summed E-state index contributed by atoms with van der Waals surface area (Å²) in [6.45, 7) is 1.29. The summed E-state index contributed by atoms with van der Waals surface area (Å²) >= 11 is 5.86. The van der Waals surface area contributed by atoms with Crippen LogP contribution in [-0.2, 0) is 11.3 Å². The highest BCUT2D eigenvalue weighted by molar-refractivity contribution is 6.30. The molecule has 0 spiro atoms. The maximum Gasteiger partial charge on any atom is 0.320 e. The van der Waals surface area contributed by atoms with Gasteiger partial charge in [-0.2, -0.15) is 0 Å². The number of carboxylic acids is 1. The lowest BCUT2D eigenvalue weighted by molar-refractivity contribution is -0.142. The van der Waals surface area contributed by atoms with Crippen LogP contribution in [0.1, 0.15) is 18.5 Å². The fourth-order valence-corrected chi connectivity index (χ4v) is 2.72. The summed E-state index contributed by atoms with van der Waals surface area (Å²) in [7, 11) is 0. The van der Waals surface area contributed by atoms with E-state index in [1.807, 2.05) is 23.2 Å². The number of nitrogens with zero attached hydrogens (tertiary/aromatic N) is 4. The van der Waals surface area contributed by atoms with E-state index in [9.17, 15) is 9.90 Å². The summed E-state index contributed by atoms with van der Waals surface area (Å²) in [5, 5.41) is 18.0. The first kappa shape index (κ1) is 14.0. The number of carbonyl (C=O) groups is 1. The van der Waals surface area contributed by atoms with Crippen LogP contribution in [0.3, 0.4) is 0 Å². The second kappa shape index (κ2) is 5.83. The predicted octanol–water partition coefficient (Wildman–Crippen LogP) is 1.97. The third kappa shape index (κ3) is 3.06. The molecule has 3 rings (SSSR count). The molecular weight excluding hydrogens is 292 g/mol. The van der Waals surface area contributed by atoms with Gasteiger partial charge in [-0.25, -0.2) is 4.68 Å². The van der Waals surface area contributed by atoms with E-state index < -0.39 is 12.0 Å². The van der Waals surface area contributed by atoms with E-state index in [1.165, 1.54) is 0 Å². The van der Waals surface area contributed by atoms with Crippen molar-refractivity contribution in [3.05, 3.63) is 41.2 Å². The Morgan fingerprint density at radius 2 is 2.14 bits per heavy atom. The number of rotatable bonds is 4. The molecule has 21 heavy (non-hydrogen) atoms. The highest BCUT2D eigenvalue weighted by Gasteiger charge is 2.30. The van der Waals surface area contributed by atoms with Crippen LogP contribution >= 0.6 is 11.6 Å². The van der Waals surface area contributed by atoms with Crippen molar-refractivity contribution in [2.75, 3.05) is 6.54 Å². The van der Waals surface area contributed by atoms with Crippen molar-refractivity contribution in [2.45, 2.75) is 25.4 Å². The summed E-state index contributed by atoms with van der Waals surface area (Å²) in [6.07, 6.45) is 3.42. The van der Waals surface area contributed by atoms with E-state index in [0.717, 1.165) is 24.3 Å². The van der Waals surface area contributed by atoms with Gasteiger partial charge < -0.3 is 5.11 Å². The third-order valence-corrected chi connectivity index (χ3v) is 3.90. The minimum atomic E-state index is -0.766. The lowest BCUT2D eigenvalue weighted by atomic mass is 10.2. The van der Waals surface area contributed by atoms with E-state index in [4.69, 9.17) is 11.6 Å². The van der Waals surface area contributed by atoms with Crippen LogP contribution in [0, 0.1) is 0 Å². The van der Waals surface area contributed by atoms with Gasteiger partial charge in [0.2, 0.25) is 0 Å². The van der Waals surface area contributed by atoms with Crippen molar-refractivity contribution in [3.63, 3.8) is 0 Å². The summed E-state index contributed by atoms with van der Waals surface area (Å²) in [4.78, 5) is 13.1. The first-order chi connectivity index (χ1) is 10.1. The van der Waals surface area contributed by atoms with Crippen LogP contribution in [0.2, 0.25) is 5.02 Å². The molecule has 1 saturated heterocycles. The Bertz CT molecular complexity index is 641. The van der Waals surface area contributed by atoms with Gasteiger partial charge in [-0.1, -0.05) is 16.8 Å². The number of benzene rings is 1. The molecule has 0 bridgehead atoms. The third-order valence-electron chi connectivity index (χ3n) is 3.65. The largest absolute Gasteiger partial charge is 0.480 e. The van der Waals surface area contributed by atoms with Crippen LogP contribution < -0.4 is 0 Å². The number of carboxylic acid groups (broad SMARTS) is 1. The Morgan fingerprint density at radius 3 is 2.86 bits per heavy atom.